The zero-order valence-corrected chi connectivity index (χ0v) is 11.5. The van der Waals surface area contributed by atoms with E-state index in [2.05, 4.69) is 47.6 Å². The van der Waals surface area contributed by atoms with Crippen LogP contribution >= 0.6 is 0 Å². The average Bonchev–Trinajstić information content (AvgIpc) is 2.14. The van der Waals surface area contributed by atoms with Crippen LogP contribution in [0.2, 0.25) is 0 Å². The van der Waals surface area contributed by atoms with Gasteiger partial charge in [-0.25, -0.2) is 0 Å². The van der Waals surface area contributed by atoms with Gasteiger partial charge in [-0.2, -0.15) is 0 Å². The molecule has 1 aromatic rings. The van der Waals surface area contributed by atoms with E-state index < -0.39 is 0 Å². The number of hydrogen-bond donors (Lipinski definition) is 1. The number of nitrogens with two attached hydrogens (primary N) is 1. The molecule has 1 heteroatoms. The van der Waals surface area contributed by atoms with Crippen LogP contribution in [-0.4, -0.2) is 0 Å². The summed E-state index contributed by atoms with van der Waals surface area (Å²) in [6.45, 7) is 13.2. The van der Waals surface area contributed by atoms with Gasteiger partial charge in [0.25, 0.3) is 0 Å². The minimum Gasteiger partial charge on any atom is -0.324 e. The molecular formula is C15H25N. The average molecular weight is 219 g/mol. The van der Waals surface area contributed by atoms with Crippen molar-refractivity contribution in [3.8, 4) is 0 Å². The van der Waals surface area contributed by atoms with Crippen molar-refractivity contribution in [2.45, 2.75) is 54.0 Å². The molecule has 1 atom stereocenters. The summed E-state index contributed by atoms with van der Waals surface area (Å²) in [7, 11) is 0. The lowest BCUT2D eigenvalue weighted by Gasteiger charge is -2.22. The Bertz CT molecular complexity index is 351. The van der Waals surface area contributed by atoms with Crippen LogP contribution in [0.5, 0.6) is 0 Å². The molecule has 0 aliphatic heterocycles. The fraction of sp³-hybridized carbons (Fsp3) is 0.600. The van der Waals surface area contributed by atoms with Crippen LogP contribution in [0.4, 0.5) is 0 Å². The number of rotatable bonds is 3. The third-order valence-corrected chi connectivity index (χ3v) is 3.52. The molecule has 0 spiro atoms. The van der Waals surface area contributed by atoms with Crippen molar-refractivity contribution in [3.05, 3.63) is 33.9 Å². The summed E-state index contributed by atoms with van der Waals surface area (Å²) < 4.78 is 0. The molecule has 0 saturated carbocycles. The maximum atomic E-state index is 6.34. The molecule has 1 unspecified atom stereocenters. The fourth-order valence-corrected chi connectivity index (χ4v) is 2.43. The Morgan fingerprint density at radius 2 is 1.44 bits per heavy atom. The summed E-state index contributed by atoms with van der Waals surface area (Å²) >= 11 is 0. The number of hydrogen-bond acceptors (Lipinski definition) is 1. The van der Waals surface area contributed by atoms with E-state index in [1.807, 2.05) is 0 Å². The SMILES string of the molecule is Cc1cc(C)c(C)c(C(N)CC(C)C)c1C. The smallest absolute Gasteiger partial charge is 0.0302 e. The van der Waals surface area contributed by atoms with Gasteiger partial charge in [-0.3, -0.25) is 0 Å². The second-order valence-corrected chi connectivity index (χ2v) is 5.41. The van der Waals surface area contributed by atoms with Gasteiger partial charge >= 0.3 is 0 Å². The van der Waals surface area contributed by atoms with Gasteiger partial charge in [0, 0.05) is 6.04 Å². The fourth-order valence-electron chi connectivity index (χ4n) is 2.43. The van der Waals surface area contributed by atoms with Gasteiger partial charge in [0.1, 0.15) is 0 Å². The van der Waals surface area contributed by atoms with E-state index in [4.69, 9.17) is 5.73 Å². The summed E-state index contributed by atoms with van der Waals surface area (Å²) in [6, 6.07) is 2.44. The zero-order chi connectivity index (χ0) is 12.5. The Morgan fingerprint density at radius 1 is 1.00 bits per heavy atom. The third-order valence-electron chi connectivity index (χ3n) is 3.52. The first-order valence-electron chi connectivity index (χ1n) is 6.17. The van der Waals surface area contributed by atoms with Gasteiger partial charge in [0.15, 0.2) is 0 Å². The minimum atomic E-state index is 0.179. The van der Waals surface area contributed by atoms with Crippen molar-refractivity contribution in [2.24, 2.45) is 11.7 Å². The molecule has 0 bridgehead atoms. The van der Waals surface area contributed by atoms with E-state index in [9.17, 15) is 0 Å². The van der Waals surface area contributed by atoms with Crippen LogP contribution in [0.25, 0.3) is 0 Å². The lowest BCUT2D eigenvalue weighted by atomic mass is 9.87. The molecular weight excluding hydrogens is 194 g/mol. The molecule has 0 fully saturated rings. The Hall–Kier alpha value is -0.820. The molecule has 90 valence electrons. The maximum absolute atomic E-state index is 6.34. The number of benzene rings is 1. The van der Waals surface area contributed by atoms with Gasteiger partial charge in [0.05, 0.1) is 0 Å². The Balaban J connectivity index is 3.21. The first-order valence-corrected chi connectivity index (χ1v) is 6.17. The van der Waals surface area contributed by atoms with Crippen LogP contribution in [-0.2, 0) is 0 Å². The van der Waals surface area contributed by atoms with Gasteiger partial charge in [-0.15, -0.1) is 0 Å². The van der Waals surface area contributed by atoms with E-state index in [-0.39, 0.29) is 6.04 Å². The predicted molar refractivity (Wildman–Crippen MR) is 71.8 cm³/mol. The molecule has 0 aliphatic carbocycles. The van der Waals surface area contributed by atoms with E-state index in [0.717, 1.165) is 6.42 Å². The standard InChI is InChI=1S/C15H25N/c1-9(2)7-14(16)15-12(5)10(3)8-11(4)13(15)6/h8-9,14H,7,16H2,1-6H3. The first-order chi connectivity index (χ1) is 7.34. The van der Waals surface area contributed by atoms with Gasteiger partial charge in [-0.1, -0.05) is 19.9 Å². The van der Waals surface area contributed by atoms with Crippen LogP contribution < -0.4 is 5.73 Å². The largest absolute Gasteiger partial charge is 0.324 e. The second kappa shape index (κ2) is 5.01. The van der Waals surface area contributed by atoms with Crippen molar-refractivity contribution in [1.29, 1.82) is 0 Å². The molecule has 0 aliphatic rings. The molecule has 0 radical (unpaired) electrons. The van der Waals surface area contributed by atoms with E-state index in [1.54, 1.807) is 0 Å². The topological polar surface area (TPSA) is 26.0 Å². The molecule has 0 saturated heterocycles. The highest BCUT2D eigenvalue weighted by Crippen LogP contribution is 2.29. The van der Waals surface area contributed by atoms with Crippen LogP contribution in [0.3, 0.4) is 0 Å². The second-order valence-electron chi connectivity index (χ2n) is 5.41. The molecule has 16 heavy (non-hydrogen) atoms. The minimum absolute atomic E-state index is 0.179. The summed E-state index contributed by atoms with van der Waals surface area (Å²) in [5, 5.41) is 0. The summed E-state index contributed by atoms with van der Waals surface area (Å²) in [4.78, 5) is 0. The van der Waals surface area contributed by atoms with Crippen LogP contribution in [0.15, 0.2) is 6.07 Å². The molecule has 1 rings (SSSR count). The highest BCUT2D eigenvalue weighted by Gasteiger charge is 2.16. The van der Waals surface area contributed by atoms with E-state index in [0.29, 0.717) is 5.92 Å². The quantitative estimate of drug-likeness (QED) is 0.818. The maximum Gasteiger partial charge on any atom is 0.0302 e. The van der Waals surface area contributed by atoms with Crippen molar-refractivity contribution in [3.63, 3.8) is 0 Å². The molecule has 1 aromatic carbocycles. The highest BCUT2D eigenvalue weighted by molar-refractivity contribution is 5.45. The van der Waals surface area contributed by atoms with Crippen molar-refractivity contribution < 1.29 is 0 Å². The van der Waals surface area contributed by atoms with E-state index >= 15 is 0 Å². The van der Waals surface area contributed by atoms with Crippen molar-refractivity contribution in [2.75, 3.05) is 0 Å². The van der Waals surface area contributed by atoms with Crippen molar-refractivity contribution >= 4 is 0 Å². The summed E-state index contributed by atoms with van der Waals surface area (Å²) in [5.41, 5.74) is 13.2. The highest BCUT2D eigenvalue weighted by atomic mass is 14.6. The lowest BCUT2D eigenvalue weighted by Crippen LogP contribution is -2.16. The van der Waals surface area contributed by atoms with Crippen molar-refractivity contribution in [1.82, 2.24) is 0 Å². The van der Waals surface area contributed by atoms with E-state index in [1.165, 1.54) is 27.8 Å². The molecule has 0 heterocycles. The lowest BCUT2D eigenvalue weighted by molar-refractivity contribution is 0.506. The normalized spacial score (nSPS) is 13.2. The Labute approximate surface area is 100 Å². The molecule has 1 nitrogen and oxygen atoms in total. The molecule has 2 N–H and O–H groups in total. The number of aryl methyl sites for hydroxylation is 2. The molecule has 0 aromatic heterocycles. The predicted octanol–water partition coefficient (Wildman–Crippen LogP) is 3.97. The zero-order valence-electron chi connectivity index (χ0n) is 11.5. The Kier molecular flexibility index (Phi) is 4.15. The summed E-state index contributed by atoms with van der Waals surface area (Å²) in [5.74, 6) is 0.648. The Morgan fingerprint density at radius 3 is 1.81 bits per heavy atom. The van der Waals surface area contributed by atoms with Gasteiger partial charge in [0.2, 0.25) is 0 Å². The van der Waals surface area contributed by atoms with Gasteiger partial charge < -0.3 is 5.73 Å². The van der Waals surface area contributed by atoms with Gasteiger partial charge in [-0.05, 0) is 67.9 Å². The molecule has 0 amide bonds. The third kappa shape index (κ3) is 2.65. The first kappa shape index (κ1) is 13.2. The van der Waals surface area contributed by atoms with Crippen LogP contribution in [0, 0.1) is 33.6 Å². The monoisotopic (exact) mass is 219 g/mol. The van der Waals surface area contributed by atoms with Crippen LogP contribution in [0.1, 0.15) is 54.1 Å². The summed E-state index contributed by atoms with van der Waals surface area (Å²) in [6.07, 6.45) is 1.06.